The SMILES string of the molecule is CC(=O)OCC(=Cc1cccc(C(C)(C)C)c1)C(C)C. The smallest absolute Gasteiger partial charge is 0.302 e. The molecule has 1 aromatic rings. The van der Waals surface area contributed by atoms with Gasteiger partial charge in [-0.1, -0.05) is 65.0 Å². The van der Waals surface area contributed by atoms with Gasteiger partial charge >= 0.3 is 5.97 Å². The molecule has 0 heterocycles. The summed E-state index contributed by atoms with van der Waals surface area (Å²) in [4.78, 5) is 11.0. The summed E-state index contributed by atoms with van der Waals surface area (Å²) in [6.07, 6.45) is 2.13. The summed E-state index contributed by atoms with van der Waals surface area (Å²) in [5.74, 6) is 0.118. The Kier molecular flexibility index (Phi) is 5.55. The Morgan fingerprint density at radius 3 is 2.45 bits per heavy atom. The van der Waals surface area contributed by atoms with Gasteiger partial charge in [0, 0.05) is 6.92 Å². The zero-order chi connectivity index (χ0) is 15.3. The predicted molar refractivity (Wildman–Crippen MR) is 84.6 cm³/mol. The normalized spacial score (nSPS) is 12.7. The molecule has 0 aromatic heterocycles. The first-order valence-electron chi connectivity index (χ1n) is 7.14. The van der Waals surface area contributed by atoms with Crippen LogP contribution < -0.4 is 0 Å². The number of rotatable bonds is 4. The van der Waals surface area contributed by atoms with E-state index in [1.165, 1.54) is 12.5 Å². The highest BCUT2D eigenvalue weighted by molar-refractivity contribution is 5.66. The fourth-order valence-corrected chi connectivity index (χ4v) is 1.87. The second-order valence-corrected chi connectivity index (χ2v) is 6.53. The second kappa shape index (κ2) is 6.74. The molecule has 0 saturated heterocycles. The van der Waals surface area contributed by atoms with Crippen LogP contribution in [0.4, 0.5) is 0 Å². The number of carbonyl (C=O) groups is 1. The Morgan fingerprint density at radius 1 is 1.30 bits per heavy atom. The van der Waals surface area contributed by atoms with E-state index in [-0.39, 0.29) is 11.4 Å². The van der Waals surface area contributed by atoms with Crippen molar-refractivity contribution in [3.63, 3.8) is 0 Å². The van der Waals surface area contributed by atoms with Gasteiger partial charge in [-0.2, -0.15) is 0 Å². The lowest BCUT2D eigenvalue weighted by molar-refractivity contribution is -0.140. The Bertz CT molecular complexity index is 490. The standard InChI is InChI=1S/C18H26O2/c1-13(2)16(12-20-14(3)19)10-15-8-7-9-17(11-15)18(4,5)6/h7-11,13H,12H2,1-6H3. The number of hydrogen-bond acceptors (Lipinski definition) is 2. The summed E-state index contributed by atoms with van der Waals surface area (Å²) in [6, 6.07) is 8.52. The van der Waals surface area contributed by atoms with Crippen molar-refractivity contribution in [2.75, 3.05) is 6.61 Å². The summed E-state index contributed by atoms with van der Waals surface area (Å²) in [6.45, 7) is 12.7. The molecule has 0 fully saturated rings. The number of ether oxygens (including phenoxy) is 1. The van der Waals surface area contributed by atoms with E-state index in [4.69, 9.17) is 4.74 Å². The third-order valence-corrected chi connectivity index (χ3v) is 3.29. The molecule has 0 amide bonds. The first-order valence-corrected chi connectivity index (χ1v) is 7.14. The maximum absolute atomic E-state index is 11.0. The van der Waals surface area contributed by atoms with Crippen LogP contribution in [0.15, 0.2) is 29.8 Å². The highest BCUT2D eigenvalue weighted by Crippen LogP contribution is 2.24. The average Bonchev–Trinajstić information content (AvgIpc) is 2.33. The summed E-state index contributed by atoms with van der Waals surface area (Å²) in [7, 11) is 0. The third-order valence-electron chi connectivity index (χ3n) is 3.29. The van der Waals surface area contributed by atoms with Crippen molar-refractivity contribution in [3.8, 4) is 0 Å². The number of esters is 1. The molecule has 0 atom stereocenters. The number of benzene rings is 1. The summed E-state index contributed by atoms with van der Waals surface area (Å²) < 4.78 is 5.13. The van der Waals surface area contributed by atoms with E-state index in [9.17, 15) is 4.79 Å². The lowest BCUT2D eigenvalue weighted by Crippen LogP contribution is -2.11. The molecule has 0 spiro atoms. The van der Waals surface area contributed by atoms with Crippen molar-refractivity contribution < 1.29 is 9.53 Å². The largest absolute Gasteiger partial charge is 0.461 e. The van der Waals surface area contributed by atoms with Crippen molar-refractivity contribution >= 4 is 12.0 Å². The fraction of sp³-hybridized carbons (Fsp3) is 0.500. The van der Waals surface area contributed by atoms with Crippen molar-refractivity contribution in [1.29, 1.82) is 0 Å². The molecule has 110 valence electrons. The van der Waals surface area contributed by atoms with Crippen LogP contribution in [0.5, 0.6) is 0 Å². The molecule has 0 bridgehead atoms. The van der Waals surface area contributed by atoms with E-state index >= 15 is 0 Å². The van der Waals surface area contributed by atoms with E-state index in [1.807, 2.05) is 0 Å². The third kappa shape index (κ3) is 5.20. The van der Waals surface area contributed by atoms with Gasteiger partial charge in [0.15, 0.2) is 0 Å². The Hall–Kier alpha value is -1.57. The van der Waals surface area contributed by atoms with Gasteiger partial charge < -0.3 is 4.74 Å². The molecule has 0 N–H and O–H groups in total. The predicted octanol–water partition coefficient (Wildman–Crippen LogP) is 4.59. The lowest BCUT2D eigenvalue weighted by atomic mass is 9.86. The highest BCUT2D eigenvalue weighted by atomic mass is 16.5. The minimum absolute atomic E-state index is 0.137. The summed E-state index contributed by atoms with van der Waals surface area (Å²) in [5.41, 5.74) is 3.74. The van der Waals surface area contributed by atoms with E-state index < -0.39 is 0 Å². The molecule has 0 saturated carbocycles. The molecule has 2 heteroatoms. The van der Waals surface area contributed by atoms with Crippen LogP contribution in [0.3, 0.4) is 0 Å². The average molecular weight is 274 g/mol. The maximum atomic E-state index is 11.0. The number of carbonyl (C=O) groups excluding carboxylic acids is 1. The second-order valence-electron chi connectivity index (χ2n) is 6.53. The van der Waals surface area contributed by atoms with Gasteiger partial charge in [-0.25, -0.2) is 0 Å². The number of hydrogen-bond donors (Lipinski definition) is 0. The van der Waals surface area contributed by atoms with Crippen LogP contribution in [0.2, 0.25) is 0 Å². The van der Waals surface area contributed by atoms with Gasteiger partial charge in [0.25, 0.3) is 0 Å². The molecule has 0 aliphatic heterocycles. The van der Waals surface area contributed by atoms with Gasteiger partial charge in [-0.3, -0.25) is 4.79 Å². The van der Waals surface area contributed by atoms with Crippen LogP contribution in [-0.4, -0.2) is 12.6 Å². The van der Waals surface area contributed by atoms with Gasteiger partial charge in [0.2, 0.25) is 0 Å². The van der Waals surface area contributed by atoms with Crippen molar-refractivity contribution in [2.45, 2.75) is 47.0 Å². The molecule has 20 heavy (non-hydrogen) atoms. The van der Waals surface area contributed by atoms with Crippen LogP contribution in [0, 0.1) is 5.92 Å². The zero-order valence-electron chi connectivity index (χ0n) is 13.5. The first-order chi connectivity index (χ1) is 9.20. The Morgan fingerprint density at radius 2 is 1.95 bits per heavy atom. The lowest BCUT2D eigenvalue weighted by Gasteiger charge is -2.19. The molecule has 2 nitrogen and oxygen atoms in total. The van der Waals surface area contributed by atoms with Crippen LogP contribution in [0.1, 0.15) is 52.7 Å². The molecule has 0 aliphatic carbocycles. The zero-order valence-corrected chi connectivity index (χ0v) is 13.5. The molecular weight excluding hydrogens is 248 g/mol. The van der Waals surface area contributed by atoms with Gasteiger partial charge in [0.1, 0.15) is 6.61 Å². The topological polar surface area (TPSA) is 26.3 Å². The molecule has 0 aliphatic rings. The Balaban J connectivity index is 3.02. The van der Waals surface area contributed by atoms with Crippen LogP contribution in [0.25, 0.3) is 6.08 Å². The summed E-state index contributed by atoms with van der Waals surface area (Å²) in [5, 5.41) is 0. The molecule has 0 unspecified atom stereocenters. The van der Waals surface area contributed by atoms with Crippen LogP contribution >= 0.6 is 0 Å². The Labute approximate surface area is 122 Å². The maximum Gasteiger partial charge on any atom is 0.302 e. The van der Waals surface area contributed by atoms with E-state index in [2.05, 4.69) is 65.0 Å². The van der Waals surface area contributed by atoms with Crippen molar-refractivity contribution in [1.82, 2.24) is 0 Å². The van der Waals surface area contributed by atoms with Gasteiger partial charge in [-0.05, 0) is 28.0 Å². The van der Waals surface area contributed by atoms with E-state index in [0.29, 0.717) is 12.5 Å². The molecule has 1 aromatic carbocycles. The molecule has 1 rings (SSSR count). The van der Waals surface area contributed by atoms with E-state index in [0.717, 1.165) is 11.1 Å². The minimum Gasteiger partial charge on any atom is -0.461 e. The molecular formula is C18H26O2. The minimum atomic E-state index is -0.236. The highest BCUT2D eigenvalue weighted by Gasteiger charge is 2.13. The monoisotopic (exact) mass is 274 g/mol. The summed E-state index contributed by atoms with van der Waals surface area (Å²) >= 11 is 0. The van der Waals surface area contributed by atoms with Gasteiger partial charge in [0.05, 0.1) is 0 Å². The van der Waals surface area contributed by atoms with Gasteiger partial charge in [-0.15, -0.1) is 0 Å². The quantitative estimate of drug-likeness (QED) is 0.751. The fourth-order valence-electron chi connectivity index (χ4n) is 1.87. The first kappa shape index (κ1) is 16.5. The van der Waals surface area contributed by atoms with E-state index in [1.54, 1.807) is 0 Å². The molecule has 0 radical (unpaired) electrons. The van der Waals surface area contributed by atoms with Crippen molar-refractivity contribution in [2.24, 2.45) is 5.92 Å². The van der Waals surface area contributed by atoms with Crippen molar-refractivity contribution in [3.05, 3.63) is 41.0 Å². The van der Waals surface area contributed by atoms with Crippen LogP contribution in [-0.2, 0) is 14.9 Å².